The van der Waals surface area contributed by atoms with Crippen LogP contribution in [0.2, 0.25) is 0 Å². The lowest BCUT2D eigenvalue weighted by atomic mass is 9.88. The van der Waals surface area contributed by atoms with Gasteiger partial charge in [-0.25, -0.2) is 0 Å². The minimum absolute atomic E-state index is 0.0864. The summed E-state index contributed by atoms with van der Waals surface area (Å²) < 4.78 is 10.5. The second-order valence-corrected chi connectivity index (χ2v) is 3.99. The van der Waals surface area contributed by atoms with Crippen molar-refractivity contribution >= 4 is 0 Å². The molecule has 0 amide bonds. The highest BCUT2D eigenvalue weighted by molar-refractivity contribution is 5.39. The number of aryl methyl sites for hydroxylation is 1. The van der Waals surface area contributed by atoms with Crippen LogP contribution in [0, 0.1) is 6.92 Å². The molecule has 0 saturated heterocycles. The van der Waals surface area contributed by atoms with Gasteiger partial charge in [0.15, 0.2) is 5.75 Å². The van der Waals surface area contributed by atoms with Crippen molar-refractivity contribution < 1.29 is 9.15 Å². The van der Waals surface area contributed by atoms with Crippen LogP contribution < -0.4 is 4.74 Å². The van der Waals surface area contributed by atoms with Gasteiger partial charge in [0.2, 0.25) is 0 Å². The molecule has 12 heavy (non-hydrogen) atoms. The predicted molar refractivity (Wildman–Crippen MR) is 48.7 cm³/mol. The molecule has 0 radical (unpaired) electrons. The molecule has 1 aromatic rings. The Kier molecular flexibility index (Phi) is 2.18. The molecule has 0 N–H and O–H groups in total. The third kappa shape index (κ3) is 1.47. The molecule has 1 heterocycles. The molecule has 0 aromatic carbocycles. The Morgan fingerprint density at radius 3 is 2.25 bits per heavy atom. The SMILES string of the molecule is COc1c(C(C)(C)C)coc1C. The molecule has 0 saturated carbocycles. The van der Waals surface area contributed by atoms with Crippen molar-refractivity contribution in [1.29, 1.82) is 0 Å². The maximum Gasteiger partial charge on any atom is 0.163 e. The largest absolute Gasteiger partial charge is 0.493 e. The first-order valence-electron chi connectivity index (χ1n) is 4.09. The monoisotopic (exact) mass is 168 g/mol. The van der Waals surface area contributed by atoms with Gasteiger partial charge >= 0.3 is 0 Å². The van der Waals surface area contributed by atoms with Crippen LogP contribution in [0.25, 0.3) is 0 Å². The Labute approximate surface area is 73.5 Å². The van der Waals surface area contributed by atoms with Crippen molar-refractivity contribution in [2.75, 3.05) is 7.11 Å². The predicted octanol–water partition coefficient (Wildman–Crippen LogP) is 2.89. The summed E-state index contributed by atoms with van der Waals surface area (Å²) in [5, 5.41) is 0. The molecule has 0 aliphatic heterocycles. The highest BCUT2D eigenvalue weighted by atomic mass is 16.5. The molecule has 2 nitrogen and oxygen atoms in total. The van der Waals surface area contributed by atoms with Gasteiger partial charge < -0.3 is 9.15 Å². The lowest BCUT2D eigenvalue weighted by molar-refractivity contribution is 0.388. The zero-order valence-electron chi connectivity index (χ0n) is 8.39. The summed E-state index contributed by atoms with van der Waals surface area (Å²) in [5.74, 6) is 1.73. The van der Waals surface area contributed by atoms with Gasteiger partial charge in [0, 0.05) is 5.56 Å². The van der Waals surface area contributed by atoms with Gasteiger partial charge in [0.05, 0.1) is 13.4 Å². The summed E-state index contributed by atoms with van der Waals surface area (Å²) in [7, 11) is 1.67. The number of furan rings is 1. The summed E-state index contributed by atoms with van der Waals surface area (Å²) in [4.78, 5) is 0. The Bertz CT molecular complexity index is 266. The first-order valence-corrected chi connectivity index (χ1v) is 4.09. The van der Waals surface area contributed by atoms with Crippen LogP contribution >= 0.6 is 0 Å². The standard InChI is InChI=1S/C10H16O2/c1-7-9(11-5)8(6-12-7)10(2,3)4/h6H,1-5H3. The number of rotatable bonds is 1. The van der Waals surface area contributed by atoms with Crippen molar-refractivity contribution in [3.63, 3.8) is 0 Å². The first-order chi connectivity index (χ1) is 5.46. The van der Waals surface area contributed by atoms with E-state index in [9.17, 15) is 0 Å². The number of hydrogen-bond donors (Lipinski definition) is 0. The molecule has 0 spiro atoms. The molecule has 0 bridgehead atoms. The first kappa shape index (κ1) is 9.17. The Hall–Kier alpha value is -0.920. The van der Waals surface area contributed by atoms with Gasteiger partial charge in [-0.15, -0.1) is 0 Å². The summed E-state index contributed by atoms with van der Waals surface area (Å²) in [5.41, 5.74) is 1.21. The molecule has 0 unspecified atom stereocenters. The van der Waals surface area contributed by atoms with Gasteiger partial charge in [-0.2, -0.15) is 0 Å². The van der Waals surface area contributed by atoms with E-state index < -0.39 is 0 Å². The van der Waals surface area contributed by atoms with E-state index in [1.165, 1.54) is 0 Å². The van der Waals surface area contributed by atoms with Gasteiger partial charge in [0.25, 0.3) is 0 Å². The highest BCUT2D eigenvalue weighted by Crippen LogP contribution is 2.34. The fraction of sp³-hybridized carbons (Fsp3) is 0.600. The Morgan fingerprint density at radius 2 is 1.92 bits per heavy atom. The zero-order chi connectivity index (χ0) is 9.35. The molecule has 0 fully saturated rings. The second-order valence-electron chi connectivity index (χ2n) is 3.99. The van der Waals surface area contributed by atoms with Crippen molar-refractivity contribution in [3.8, 4) is 5.75 Å². The normalized spacial score (nSPS) is 11.8. The van der Waals surface area contributed by atoms with Crippen molar-refractivity contribution in [3.05, 3.63) is 17.6 Å². The number of methoxy groups -OCH3 is 1. The van der Waals surface area contributed by atoms with E-state index in [1.54, 1.807) is 13.4 Å². The zero-order valence-corrected chi connectivity index (χ0v) is 8.39. The Balaban J connectivity index is 3.16. The average Bonchev–Trinajstić information content (AvgIpc) is 2.29. The van der Waals surface area contributed by atoms with Crippen LogP contribution in [-0.4, -0.2) is 7.11 Å². The molecule has 1 aromatic heterocycles. The fourth-order valence-corrected chi connectivity index (χ4v) is 1.22. The van der Waals surface area contributed by atoms with E-state index in [0.29, 0.717) is 0 Å². The maximum atomic E-state index is 5.29. The van der Waals surface area contributed by atoms with Crippen molar-refractivity contribution in [2.24, 2.45) is 0 Å². The number of hydrogen-bond acceptors (Lipinski definition) is 2. The molecule has 0 atom stereocenters. The molecule has 1 rings (SSSR count). The number of ether oxygens (including phenoxy) is 1. The highest BCUT2D eigenvalue weighted by Gasteiger charge is 2.22. The van der Waals surface area contributed by atoms with Gasteiger partial charge in [-0.3, -0.25) is 0 Å². The summed E-state index contributed by atoms with van der Waals surface area (Å²) >= 11 is 0. The average molecular weight is 168 g/mol. The van der Waals surface area contributed by atoms with Crippen LogP contribution in [0.5, 0.6) is 5.75 Å². The minimum Gasteiger partial charge on any atom is -0.493 e. The molecule has 0 aliphatic carbocycles. The van der Waals surface area contributed by atoms with Gasteiger partial charge in [-0.05, 0) is 12.3 Å². The second kappa shape index (κ2) is 2.85. The van der Waals surface area contributed by atoms with Crippen LogP contribution in [-0.2, 0) is 5.41 Å². The van der Waals surface area contributed by atoms with Gasteiger partial charge in [-0.1, -0.05) is 20.8 Å². The van der Waals surface area contributed by atoms with Gasteiger partial charge in [0.1, 0.15) is 5.76 Å². The van der Waals surface area contributed by atoms with Crippen molar-refractivity contribution in [1.82, 2.24) is 0 Å². The molecular weight excluding hydrogens is 152 g/mol. The lowest BCUT2D eigenvalue weighted by Gasteiger charge is -2.17. The van der Waals surface area contributed by atoms with Crippen LogP contribution in [0.3, 0.4) is 0 Å². The molecule has 68 valence electrons. The summed E-state index contributed by atoms with van der Waals surface area (Å²) in [6.45, 7) is 8.33. The third-order valence-corrected chi connectivity index (χ3v) is 1.93. The van der Waals surface area contributed by atoms with Crippen LogP contribution in [0.15, 0.2) is 10.7 Å². The Morgan fingerprint density at radius 1 is 1.33 bits per heavy atom. The van der Waals surface area contributed by atoms with Crippen molar-refractivity contribution in [2.45, 2.75) is 33.1 Å². The van der Waals surface area contributed by atoms with E-state index >= 15 is 0 Å². The van der Waals surface area contributed by atoms with E-state index in [0.717, 1.165) is 17.1 Å². The molecular formula is C10H16O2. The quantitative estimate of drug-likeness (QED) is 0.643. The van der Waals surface area contributed by atoms with E-state index in [-0.39, 0.29) is 5.41 Å². The minimum atomic E-state index is 0.0864. The maximum absolute atomic E-state index is 5.29. The fourth-order valence-electron chi connectivity index (χ4n) is 1.22. The van der Waals surface area contributed by atoms with Crippen LogP contribution in [0.1, 0.15) is 32.1 Å². The third-order valence-electron chi connectivity index (χ3n) is 1.93. The summed E-state index contributed by atoms with van der Waals surface area (Å²) in [6.07, 6.45) is 1.77. The molecule has 0 aliphatic rings. The topological polar surface area (TPSA) is 22.4 Å². The van der Waals surface area contributed by atoms with Crippen LogP contribution in [0.4, 0.5) is 0 Å². The molecule has 2 heteroatoms. The summed E-state index contributed by atoms with van der Waals surface area (Å²) in [6, 6.07) is 0. The lowest BCUT2D eigenvalue weighted by Crippen LogP contribution is -2.11. The van der Waals surface area contributed by atoms with E-state index in [4.69, 9.17) is 9.15 Å². The van der Waals surface area contributed by atoms with E-state index in [2.05, 4.69) is 20.8 Å². The smallest absolute Gasteiger partial charge is 0.163 e. The van der Waals surface area contributed by atoms with E-state index in [1.807, 2.05) is 6.92 Å².